The van der Waals surface area contributed by atoms with Gasteiger partial charge in [-0.25, -0.2) is 0 Å². The van der Waals surface area contributed by atoms with Crippen LogP contribution in [0.3, 0.4) is 0 Å². The van der Waals surface area contributed by atoms with E-state index >= 15 is 0 Å². The van der Waals surface area contributed by atoms with Crippen LogP contribution in [0.4, 0.5) is 36.3 Å². The van der Waals surface area contributed by atoms with Crippen molar-refractivity contribution in [2.75, 3.05) is 17.7 Å². The Hall–Kier alpha value is -3.36. The molecule has 0 bridgehead atoms. The Balaban J connectivity index is 1.73. The van der Waals surface area contributed by atoms with Gasteiger partial charge in [0.1, 0.15) is 5.75 Å². The summed E-state index contributed by atoms with van der Waals surface area (Å²) < 4.78 is 42.9. The van der Waals surface area contributed by atoms with Crippen molar-refractivity contribution in [3.63, 3.8) is 0 Å². The van der Waals surface area contributed by atoms with Gasteiger partial charge in [-0.2, -0.15) is 23.3 Å². The van der Waals surface area contributed by atoms with Crippen molar-refractivity contribution in [3.05, 3.63) is 60.3 Å². The molecule has 9 heteroatoms. The van der Waals surface area contributed by atoms with Crippen LogP contribution < -0.4 is 15.4 Å². The SMILES string of the molecule is COc1cccc(Nc2nncc(Nc3ccc(C(F)(F)F)cc3)n2)c1. The van der Waals surface area contributed by atoms with Crippen molar-refractivity contribution in [2.24, 2.45) is 0 Å². The molecule has 0 unspecified atom stereocenters. The number of aromatic nitrogens is 3. The van der Waals surface area contributed by atoms with Crippen molar-refractivity contribution in [2.45, 2.75) is 6.18 Å². The van der Waals surface area contributed by atoms with Crippen LogP contribution in [0.25, 0.3) is 0 Å². The molecule has 0 fully saturated rings. The molecule has 0 atom stereocenters. The predicted molar refractivity (Wildman–Crippen MR) is 90.8 cm³/mol. The highest BCUT2D eigenvalue weighted by Gasteiger charge is 2.29. The van der Waals surface area contributed by atoms with Gasteiger partial charge in [-0.1, -0.05) is 6.07 Å². The second-order valence-electron chi connectivity index (χ2n) is 5.22. The van der Waals surface area contributed by atoms with Gasteiger partial charge in [-0.05, 0) is 36.4 Å². The van der Waals surface area contributed by atoms with E-state index in [4.69, 9.17) is 4.74 Å². The number of nitrogens with one attached hydrogen (secondary N) is 2. The highest BCUT2D eigenvalue weighted by atomic mass is 19.4. The quantitative estimate of drug-likeness (QED) is 0.702. The van der Waals surface area contributed by atoms with Gasteiger partial charge in [0.25, 0.3) is 0 Å². The maximum atomic E-state index is 12.6. The molecule has 0 aliphatic rings. The number of nitrogens with zero attached hydrogens (tertiary/aromatic N) is 3. The summed E-state index contributed by atoms with van der Waals surface area (Å²) in [5.41, 5.74) is 0.438. The second-order valence-corrected chi connectivity index (χ2v) is 5.22. The summed E-state index contributed by atoms with van der Waals surface area (Å²) in [6, 6.07) is 11.8. The highest BCUT2D eigenvalue weighted by Crippen LogP contribution is 2.30. The monoisotopic (exact) mass is 361 g/mol. The number of anilines is 4. The lowest BCUT2D eigenvalue weighted by atomic mass is 10.2. The first kappa shape index (κ1) is 17.5. The first-order valence-electron chi connectivity index (χ1n) is 7.49. The van der Waals surface area contributed by atoms with E-state index in [0.717, 1.165) is 12.1 Å². The van der Waals surface area contributed by atoms with Crippen LogP contribution >= 0.6 is 0 Å². The van der Waals surface area contributed by atoms with Gasteiger partial charge in [0.15, 0.2) is 5.82 Å². The van der Waals surface area contributed by atoms with E-state index in [-0.39, 0.29) is 5.95 Å². The van der Waals surface area contributed by atoms with Crippen LogP contribution in [0.1, 0.15) is 5.56 Å². The van der Waals surface area contributed by atoms with E-state index in [1.807, 2.05) is 6.07 Å². The van der Waals surface area contributed by atoms with Gasteiger partial charge in [-0.3, -0.25) is 0 Å². The normalized spacial score (nSPS) is 11.1. The summed E-state index contributed by atoms with van der Waals surface area (Å²) in [6.45, 7) is 0. The Kier molecular flexibility index (Phi) is 4.87. The molecule has 1 aromatic heterocycles. The lowest BCUT2D eigenvalue weighted by molar-refractivity contribution is -0.137. The van der Waals surface area contributed by atoms with Gasteiger partial charge in [0.2, 0.25) is 5.95 Å². The molecule has 0 aliphatic carbocycles. The Morgan fingerprint density at radius 3 is 2.42 bits per heavy atom. The van der Waals surface area contributed by atoms with E-state index < -0.39 is 11.7 Å². The molecule has 0 saturated heterocycles. The van der Waals surface area contributed by atoms with Crippen LogP contribution in [0.5, 0.6) is 5.75 Å². The van der Waals surface area contributed by atoms with Crippen LogP contribution in [0, 0.1) is 0 Å². The predicted octanol–water partition coefficient (Wildman–Crippen LogP) is 4.39. The number of hydrogen-bond acceptors (Lipinski definition) is 6. The van der Waals surface area contributed by atoms with Gasteiger partial charge >= 0.3 is 6.18 Å². The topological polar surface area (TPSA) is 72.0 Å². The largest absolute Gasteiger partial charge is 0.497 e. The van der Waals surface area contributed by atoms with Crippen molar-refractivity contribution in [1.29, 1.82) is 0 Å². The van der Waals surface area contributed by atoms with Gasteiger partial charge in [-0.15, -0.1) is 5.10 Å². The van der Waals surface area contributed by atoms with E-state index in [1.165, 1.54) is 18.3 Å². The molecule has 3 aromatic rings. The van der Waals surface area contributed by atoms with Gasteiger partial charge in [0.05, 0.1) is 18.9 Å². The molecule has 3 rings (SSSR count). The molecule has 6 nitrogen and oxygen atoms in total. The molecule has 2 N–H and O–H groups in total. The maximum Gasteiger partial charge on any atom is 0.416 e. The minimum absolute atomic E-state index is 0.232. The van der Waals surface area contributed by atoms with Gasteiger partial charge < -0.3 is 15.4 Å². The maximum absolute atomic E-state index is 12.6. The molecule has 134 valence electrons. The fourth-order valence-electron chi connectivity index (χ4n) is 2.14. The van der Waals surface area contributed by atoms with Crippen LogP contribution in [0.15, 0.2) is 54.7 Å². The molecule has 0 amide bonds. The number of alkyl halides is 3. The average molecular weight is 361 g/mol. The van der Waals surface area contributed by atoms with Crippen LogP contribution in [0.2, 0.25) is 0 Å². The lowest BCUT2D eigenvalue weighted by Gasteiger charge is -2.10. The summed E-state index contributed by atoms with van der Waals surface area (Å²) in [6.07, 6.45) is -3.00. The molecular weight excluding hydrogens is 347 g/mol. The zero-order valence-electron chi connectivity index (χ0n) is 13.6. The smallest absolute Gasteiger partial charge is 0.416 e. The summed E-state index contributed by atoms with van der Waals surface area (Å²) in [5, 5.41) is 13.6. The number of ether oxygens (including phenoxy) is 1. The number of methoxy groups -OCH3 is 1. The Morgan fingerprint density at radius 2 is 1.73 bits per heavy atom. The summed E-state index contributed by atoms with van der Waals surface area (Å²) in [7, 11) is 1.56. The fraction of sp³-hybridized carbons (Fsp3) is 0.118. The number of hydrogen-bond donors (Lipinski definition) is 2. The zero-order valence-corrected chi connectivity index (χ0v) is 13.6. The Labute approximate surface area is 147 Å². The Bertz CT molecular complexity index is 884. The second kappa shape index (κ2) is 7.26. The third-order valence-corrected chi connectivity index (χ3v) is 3.37. The van der Waals surface area contributed by atoms with Crippen LogP contribution in [-0.4, -0.2) is 22.3 Å². The van der Waals surface area contributed by atoms with Crippen molar-refractivity contribution >= 4 is 23.1 Å². The standard InChI is InChI=1S/C17H14F3N5O/c1-26-14-4-2-3-13(9-14)23-16-24-15(10-21-25-16)22-12-7-5-11(6-8-12)17(18,19)20/h2-10H,1H3,(H2,22,23,24,25). The summed E-state index contributed by atoms with van der Waals surface area (Å²) in [5.74, 6) is 1.24. The third-order valence-electron chi connectivity index (χ3n) is 3.37. The molecule has 26 heavy (non-hydrogen) atoms. The first-order chi connectivity index (χ1) is 12.4. The van der Waals surface area contributed by atoms with Crippen molar-refractivity contribution in [3.8, 4) is 5.75 Å². The van der Waals surface area contributed by atoms with Gasteiger partial charge in [0, 0.05) is 17.4 Å². The third kappa shape index (κ3) is 4.38. The molecule has 0 radical (unpaired) electrons. The molecule has 0 spiro atoms. The number of halogens is 3. The number of rotatable bonds is 5. The molecule has 0 aliphatic heterocycles. The van der Waals surface area contributed by atoms with E-state index in [9.17, 15) is 13.2 Å². The summed E-state index contributed by atoms with van der Waals surface area (Å²) in [4.78, 5) is 4.23. The molecule has 1 heterocycles. The average Bonchev–Trinajstić information content (AvgIpc) is 2.62. The molecular formula is C17H14F3N5O. The minimum Gasteiger partial charge on any atom is -0.497 e. The van der Waals surface area contributed by atoms with E-state index in [0.29, 0.717) is 22.9 Å². The van der Waals surface area contributed by atoms with E-state index in [1.54, 1.807) is 25.3 Å². The first-order valence-corrected chi connectivity index (χ1v) is 7.49. The zero-order chi connectivity index (χ0) is 18.6. The minimum atomic E-state index is -4.37. The van der Waals surface area contributed by atoms with E-state index in [2.05, 4.69) is 25.8 Å². The number of benzene rings is 2. The molecule has 0 saturated carbocycles. The summed E-state index contributed by atoms with van der Waals surface area (Å²) >= 11 is 0. The highest BCUT2D eigenvalue weighted by molar-refractivity contribution is 5.59. The lowest BCUT2D eigenvalue weighted by Crippen LogP contribution is -2.05. The van der Waals surface area contributed by atoms with Crippen molar-refractivity contribution < 1.29 is 17.9 Å². The van der Waals surface area contributed by atoms with Crippen molar-refractivity contribution in [1.82, 2.24) is 15.2 Å². The van der Waals surface area contributed by atoms with Crippen LogP contribution in [-0.2, 0) is 6.18 Å². The Morgan fingerprint density at radius 1 is 0.962 bits per heavy atom. The fourth-order valence-corrected chi connectivity index (χ4v) is 2.14. The molecule has 2 aromatic carbocycles.